The van der Waals surface area contributed by atoms with Gasteiger partial charge < -0.3 is 15.8 Å². The van der Waals surface area contributed by atoms with Gasteiger partial charge in [0.15, 0.2) is 0 Å². The normalized spacial score (nSPS) is 10.9. The first kappa shape index (κ1) is 15.0. The van der Waals surface area contributed by atoms with Gasteiger partial charge in [-0.25, -0.2) is 0 Å². The average molecular weight is 327 g/mol. The Kier molecular flexibility index (Phi) is 3.51. The summed E-state index contributed by atoms with van der Waals surface area (Å²) in [6, 6.07) is 23.2. The summed E-state index contributed by atoms with van der Waals surface area (Å²) in [5, 5.41) is 18.8. The maximum atomic E-state index is 10.3. The number of H-pyrrole nitrogens is 1. The fourth-order valence-corrected chi connectivity index (χ4v) is 3.01. The number of nitrogens with two attached hydrogens (primary N) is 1. The number of nitrogens with one attached hydrogen (secondary N) is 2. The molecule has 0 fully saturated rings. The van der Waals surface area contributed by atoms with E-state index in [4.69, 9.17) is 11.1 Å². The molecule has 4 nitrogen and oxygen atoms in total. The van der Waals surface area contributed by atoms with Crippen molar-refractivity contribution < 1.29 is 5.11 Å². The molecule has 4 heteroatoms. The Bertz CT molecular complexity index is 1080. The number of hydrogen-bond acceptors (Lipinski definition) is 2. The van der Waals surface area contributed by atoms with Crippen molar-refractivity contribution in [2.75, 3.05) is 0 Å². The van der Waals surface area contributed by atoms with Crippen molar-refractivity contribution in [2.24, 2.45) is 5.73 Å². The SMILES string of the molecule is N=C(N)c1ccc2[nH]c(-c3cc(-c4ccccc4)ccc3O)cc2c1. The van der Waals surface area contributed by atoms with Crippen LogP contribution in [0.25, 0.3) is 33.3 Å². The van der Waals surface area contributed by atoms with E-state index in [2.05, 4.69) is 4.98 Å². The zero-order valence-electron chi connectivity index (χ0n) is 13.5. The first-order valence-corrected chi connectivity index (χ1v) is 7.98. The predicted octanol–water partition coefficient (Wildman–Crippen LogP) is 4.49. The highest BCUT2D eigenvalue weighted by Crippen LogP contribution is 2.34. The Morgan fingerprint density at radius 2 is 1.68 bits per heavy atom. The van der Waals surface area contributed by atoms with Crippen LogP contribution in [0.4, 0.5) is 0 Å². The van der Waals surface area contributed by atoms with Crippen LogP contribution in [-0.2, 0) is 0 Å². The number of hydrogen-bond donors (Lipinski definition) is 4. The van der Waals surface area contributed by atoms with E-state index in [9.17, 15) is 5.11 Å². The number of benzene rings is 3. The van der Waals surface area contributed by atoms with Gasteiger partial charge in [-0.1, -0.05) is 36.4 Å². The van der Waals surface area contributed by atoms with Gasteiger partial charge in [-0.05, 0) is 47.5 Å². The summed E-state index contributed by atoms with van der Waals surface area (Å²) >= 11 is 0. The molecule has 5 N–H and O–H groups in total. The molecule has 0 aliphatic heterocycles. The maximum Gasteiger partial charge on any atom is 0.124 e. The van der Waals surface area contributed by atoms with E-state index in [0.29, 0.717) is 5.56 Å². The Morgan fingerprint density at radius 1 is 0.880 bits per heavy atom. The summed E-state index contributed by atoms with van der Waals surface area (Å²) in [4.78, 5) is 3.33. The smallest absolute Gasteiger partial charge is 0.124 e. The highest BCUT2D eigenvalue weighted by molar-refractivity contribution is 5.99. The lowest BCUT2D eigenvalue weighted by molar-refractivity contribution is 0.477. The van der Waals surface area contributed by atoms with Gasteiger partial charge in [-0.3, -0.25) is 5.41 Å². The summed E-state index contributed by atoms with van der Waals surface area (Å²) in [5.41, 5.74) is 10.9. The van der Waals surface area contributed by atoms with Gasteiger partial charge in [0.05, 0.1) is 5.69 Å². The maximum absolute atomic E-state index is 10.3. The summed E-state index contributed by atoms with van der Waals surface area (Å²) in [7, 11) is 0. The zero-order chi connectivity index (χ0) is 17.4. The van der Waals surface area contributed by atoms with Gasteiger partial charge in [-0.15, -0.1) is 0 Å². The zero-order valence-corrected chi connectivity index (χ0v) is 13.5. The van der Waals surface area contributed by atoms with Crippen LogP contribution in [0, 0.1) is 5.41 Å². The number of phenols is 1. The predicted molar refractivity (Wildman–Crippen MR) is 102 cm³/mol. The standard InChI is InChI=1S/C21H17N3O/c22-21(23)15-6-8-18-16(10-15)12-19(24-18)17-11-14(7-9-20(17)25)13-4-2-1-3-5-13/h1-12,24-25H,(H3,22,23). The van der Waals surface area contributed by atoms with Gasteiger partial charge in [0.25, 0.3) is 0 Å². The molecule has 3 aromatic carbocycles. The lowest BCUT2D eigenvalue weighted by Gasteiger charge is -2.07. The van der Waals surface area contributed by atoms with E-state index in [1.807, 2.05) is 66.7 Å². The molecule has 0 saturated heterocycles. The second kappa shape index (κ2) is 5.83. The molecule has 0 spiro atoms. The van der Waals surface area contributed by atoms with E-state index in [0.717, 1.165) is 33.3 Å². The first-order valence-electron chi connectivity index (χ1n) is 7.98. The van der Waals surface area contributed by atoms with Crippen molar-refractivity contribution >= 4 is 16.7 Å². The largest absolute Gasteiger partial charge is 0.507 e. The lowest BCUT2D eigenvalue weighted by Crippen LogP contribution is -2.10. The average Bonchev–Trinajstić information content (AvgIpc) is 3.05. The van der Waals surface area contributed by atoms with Crippen molar-refractivity contribution in [3.8, 4) is 28.1 Å². The van der Waals surface area contributed by atoms with E-state index >= 15 is 0 Å². The van der Waals surface area contributed by atoms with Crippen molar-refractivity contribution in [2.45, 2.75) is 0 Å². The number of phenolic OH excluding ortho intramolecular Hbond substituents is 1. The number of nitrogen functional groups attached to an aromatic ring is 1. The molecule has 4 aromatic rings. The third kappa shape index (κ3) is 2.74. The minimum Gasteiger partial charge on any atom is -0.507 e. The van der Waals surface area contributed by atoms with Gasteiger partial charge in [-0.2, -0.15) is 0 Å². The highest BCUT2D eigenvalue weighted by atomic mass is 16.3. The van der Waals surface area contributed by atoms with Crippen LogP contribution in [0.2, 0.25) is 0 Å². The fourth-order valence-electron chi connectivity index (χ4n) is 3.01. The number of rotatable bonds is 3. The van der Waals surface area contributed by atoms with Crippen molar-refractivity contribution in [1.82, 2.24) is 4.98 Å². The van der Waals surface area contributed by atoms with Crippen LogP contribution in [0.15, 0.2) is 72.8 Å². The minimum absolute atomic E-state index is 0.0403. The molecular weight excluding hydrogens is 310 g/mol. The van der Waals surface area contributed by atoms with Crippen LogP contribution in [0.3, 0.4) is 0 Å². The monoisotopic (exact) mass is 327 g/mol. The third-order valence-electron chi connectivity index (χ3n) is 4.33. The van der Waals surface area contributed by atoms with E-state index < -0.39 is 0 Å². The Morgan fingerprint density at radius 3 is 2.44 bits per heavy atom. The molecular formula is C21H17N3O. The first-order chi connectivity index (χ1) is 12.1. The van der Waals surface area contributed by atoms with Crippen molar-refractivity contribution in [3.63, 3.8) is 0 Å². The van der Waals surface area contributed by atoms with E-state index in [-0.39, 0.29) is 11.6 Å². The van der Waals surface area contributed by atoms with Crippen LogP contribution in [-0.4, -0.2) is 15.9 Å². The fraction of sp³-hybridized carbons (Fsp3) is 0. The minimum atomic E-state index is 0.0403. The van der Waals surface area contributed by atoms with Crippen molar-refractivity contribution in [3.05, 3.63) is 78.4 Å². The summed E-state index contributed by atoms with van der Waals surface area (Å²) < 4.78 is 0. The molecule has 0 atom stereocenters. The second-order valence-electron chi connectivity index (χ2n) is 6.00. The molecule has 4 rings (SSSR count). The van der Waals surface area contributed by atoms with Crippen LogP contribution >= 0.6 is 0 Å². The number of amidine groups is 1. The van der Waals surface area contributed by atoms with Crippen LogP contribution in [0.1, 0.15) is 5.56 Å². The number of aromatic nitrogens is 1. The second-order valence-corrected chi connectivity index (χ2v) is 6.00. The van der Waals surface area contributed by atoms with Crippen LogP contribution < -0.4 is 5.73 Å². The molecule has 1 aromatic heterocycles. The summed E-state index contributed by atoms with van der Waals surface area (Å²) in [6.45, 7) is 0. The van der Waals surface area contributed by atoms with Gasteiger partial charge >= 0.3 is 0 Å². The lowest BCUT2D eigenvalue weighted by atomic mass is 10.0. The molecule has 0 amide bonds. The molecule has 0 radical (unpaired) electrons. The van der Waals surface area contributed by atoms with Crippen LogP contribution in [0.5, 0.6) is 5.75 Å². The van der Waals surface area contributed by atoms with Gasteiger partial charge in [0.2, 0.25) is 0 Å². The van der Waals surface area contributed by atoms with Gasteiger partial charge in [0.1, 0.15) is 11.6 Å². The Labute approximate surface area is 145 Å². The molecule has 0 aliphatic carbocycles. The topological polar surface area (TPSA) is 85.9 Å². The Hall–Kier alpha value is -3.53. The molecule has 25 heavy (non-hydrogen) atoms. The number of aromatic amines is 1. The highest BCUT2D eigenvalue weighted by Gasteiger charge is 2.10. The molecule has 1 heterocycles. The third-order valence-corrected chi connectivity index (χ3v) is 4.33. The van der Waals surface area contributed by atoms with E-state index in [1.165, 1.54) is 0 Å². The number of fused-ring (bicyclic) bond motifs is 1. The molecule has 0 aliphatic rings. The molecule has 122 valence electrons. The quantitative estimate of drug-likeness (QED) is 0.330. The number of aromatic hydroxyl groups is 1. The van der Waals surface area contributed by atoms with Gasteiger partial charge in [0, 0.05) is 22.0 Å². The van der Waals surface area contributed by atoms with E-state index in [1.54, 1.807) is 6.07 Å². The van der Waals surface area contributed by atoms with Crippen molar-refractivity contribution in [1.29, 1.82) is 5.41 Å². The summed E-state index contributed by atoms with van der Waals surface area (Å²) in [5.74, 6) is 0.261. The molecule has 0 saturated carbocycles. The Balaban J connectivity index is 1.84. The molecule has 0 bridgehead atoms. The summed E-state index contributed by atoms with van der Waals surface area (Å²) in [6.07, 6.45) is 0. The molecule has 0 unspecified atom stereocenters.